The Morgan fingerprint density at radius 3 is 2.85 bits per heavy atom. The molecular weight excluding hydrogens is 320 g/mol. The molecule has 0 heterocycles. The minimum Gasteiger partial charge on any atom is -0.351 e. The lowest BCUT2D eigenvalue weighted by Crippen LogP contribution is -2.40. The third-order valence-electron chi connectivity index (χ3n) is 7.33. The maximum Gasteiger partial charge on any atom is 0.316 e. The Balaban J connectivity index is 1.74. The second-order valence-electron chi connectivity index (χ2n) is 8.47. The fourth-order valence-electron chi connectivity index (χ4n) is 6.00. The first-order valence-corrected chi connectivity index (χ1v) is 9.78. The lowest BCUT2D eigenvalue weighted by molar-refractivity contribution is 0.0817. The van der Waals surface area contributed by atoms with Crippen LogP contribution in [-0.2, 0) is 6.42 Å². The number of benzene rings is 1. The Labute approximate surface area is 156 Å². The molecule has 2 saturated carbocycles. The highest BCUT2D eigenvalue weighted by Crippen LogP contribution is 2.62. The predicted molar refractivity (Wildman–Crippen MR) is 106 cm³/mol. The van der Waals surface area contributed by atoms with Crippen molar-refractivity contribution in [1.82, 2.24) is 0 Å². The van der Waals surface area contributed by atoms with Gasteiger partial charge in [0.2, 0.25) is 0 Å². The van der Waals surface area contributed by atoms with Gasteiger partial charge in [-0.15, -0.1) is 5.92 Å². The van der Waals surface area contributed by atoms with Crippen molar-refractivity contribution in [3.63, 3.8) is 0 Å². The van der Waals surface area contributed by atoms with Gasteiger partial charge in [-0.25, -0.2) is 4.79 Å². The molecule has 1 aromatic rings. The summed E-state index contributed by atoms with van der Waals surface area (Å²) in [5.41, 5.74) is 11.6. The Hall–Kier alpha value is -2.21. The monoisotopic (exact) mass is 348 g/mol. The zero-order valence-electron chi connectivity index (χ0n) is 15.8. The number of nitrogens with two attached hydrogens (primary N) is 1. The molecule has 2 amide bonds. The number of hydrogen-bond donors (Lipinski definition) is 2. The number of hydrogen-bond acceptors (Lipinski definition) is 1. The Morgan fingerprint density at radius 2 is 2.12 bits per heavy atom. The normalized spacial score (nSPS) is 31.9. The molecule has 3 heteroatoms. The summed E-state index contributed by atoms with van der Waals surface area (Å²) in [4.78, 5) is 11.4. The molecule has 0 aromatic heterocycles. The topological polar surface area (TPSA) is 55.1 Å². The molecule has 3 nitrogen and oxygen atoms in total. The molecule has 0 radical (unpaired) electrons. The smallest absolute Gasteiger partial charge is 0.316 e. The van der Waals surface area contributed by atoms with E-state index in [0.717, 1.165) is 29.5 Å². The molecule has 3 aliphatic rings. The number of rotatable bonds is 1. The van der Waals surface area contributed by atoms with E-state index in [4.69, 9.17) is 5.73 Å². The summed E-state index contributed by atoms with van der Waals surface area (Å²) in [5, 5.41) is 2.75. The summed E-state index contributed by atoms with van der Waals surface area (Å²) in [6, 6.07) is 3.80. The van der Waals surface area contributed by atoms with Crippen molar-refractivity contribution in [3.05, 3.63) is 41.0 Å². The van der Waals surface area contributed by atoms with Crippen molar-refractivity contribution in [2.75, 3.05) is 5.32 Å². The Bertz CT molecular complexity index is 844. The van der Waals surface area contributed by atoms with Crippen LogP contribution in [0.2, 0.25) is 0 Å². The minimum absolute atomic E-state index is 0.345. The maximum atomic E-state index is 11.4. The van der Waals surface area contributed by atoms with Gasteiger partial charge in [0.15, 0.2) is 0 Å². The predicted octanol–water partition coefficient (Wildman–Crippen LogP) is 4.96. The molecule has 0 saturated heterocycles. The van der Waals surface area contributed by atoms with E-state index >= 15 is 0 Å². The van der Waals surface area contributed by atoms with E-state index in [0.29, 0.717) is 11.3 Å². The number of fused-ring (bicyclic) bond motifs is 5. The second kappa shape index (κ2) is 6.20. The number of aryl methyl sites for hydroxylation is 1. The van der Waals surface area contributed by atoms with E-state index in [1.165, 1.54) is 48.8 Å². The number of urea groups is 1. The molecule has 0 aliphatic heterocycles. The van der Waals surface area contributed by atoms with Gasteiger partial charge in [0.1, 0.15) is 0 Å². The van der Waals surface area contributed by atoms with Gasteiger partial charge in [-0.2, -0.15) is 0 Å². The van der Waals surface area contributed by atoms with Crippen LogP contribution in [0.4, 0.5) is 10.5 Å². The maximum absolute atomic E-state index is 11.4. The van der Waals surface area contributed by atoms with Crippen molar-refractivity contribution in [3.8, 4) is 11.8 Å². The number of nitrogens with one attached hydrogen (secondary N) is 1. The zero-order chi connectivity index (χ0) is 18.5. The average Bonchev–Trinajstić information content (AvgIpc) is 2.90. The first-order valence-electron chi connectivity index (χ1n) is 9.78. The number of allylic oxidation sites excluding steroid dienone is 1. The van der Waals surface area contributed by atoms with E-state index in [9.17, 15) is 4.79 Å². The third kappa shape index (κ3) is 2.55. The fraction of sp³-hybridized carbons (Fsp3) is 0.522. The summed E-state index contributed by atoms with van der Waals surface area (Å²) >= 11 is 0. The highest BCUT2D eigenvalue weighted by Gasteiger charge is 2.51. The molecular formula is C23H28N2O. The van der Waals surface area contributed by atoms with Gasteiger partial charge in [-0.3, -0.25) is 0 Å². The summed E-state index contributed by atoms with van der Waals surface area (Å²) in [6.45, 7) is 8.68. The lowest BCUT2D eigenvalue weighted by Gasteiger charge is -2.49. The van der Waals surface area contributed by atoms with Gasteiger partial charge in [-0.1, -0.05) is 25.0 Å². The molecule has 4 rings (SSSR count). The fourth-order valence-corrected chi connectivity index (χ4v) is 6.00. The summed E-state index contributed by atoms with van der Waals surface area (Å²) in [5.74, 6) is 8.26. The molecule has 3 aliphatic carbocycles. The van der Waals surface area contributed by atoms with E-state index in [-0.39, 0.29) is 0 Å². The quantitative estimate of drug-likeness (QED) is 0.547. The summed E-state index contributed by atoms with van der Waals surface area (Å²) in [7, 11) is 0. The molecule has 3 unspecified atom stereocenters. The first kappa shape index (κ1) is 17.2. The Kier molecular flexibility index (Phi) is 4.10. The van der Waals surface area contributed by atoms with Crippen LogP contribution in [0.3, 0.4) is 0 Å². The molecule has 136 valence electrons. The van der Waals surface area contributed by atoms with Gasteiger partial charge >= 0.3 is 6.03 Å². The van der Waals surface area contributed by atoms with E-state index in [2.05, 4.69) is 42.8 Å². The third-order valence-corrected chi connectivity index (χ3v) is 7.33. The highest BCUT2D eigenvalue weighted by atomic mass is 16.2. The average molecular weight is 348 g/mol. The number of anilines is 1. The zero-order valence-corrected chi connectivity index (χ0v) is 15.8. The van der Waals surface area contributed by atoms with E-state index in [1.54, 1.807) is 0 Å². The number of amides is 2. The van der Waals surface area contributed by atoms with E-state index < -0.39 is 6.03 Å². The molecule has 3 N–H and O–H groups in total. The van der Waals surface area contributed by atoms with Crippen molar-refractivity contribution < 1.29 is 4.79 Å². The van der Waals surface area contributed by atoms with Crippen LogP contribution in [0.1, 0.15) is 68.6 Å². The summed E-state index contributed by atoms with van der Waals surface area (Å²) in [6.07, 6.45) is 7.28. The van der Waals surface area contributed by atoms with Crippen LogP contribution < -0.4 is 11.1 Å². The van der Waals surface area contributed by atoms with Crippen LogP contribution in [-0.4, -0.2) is 6.03 Å². The van der Waals surface area contributed by atoms with Gasteiger partial charge in [-0.05, 0) is 91.9 Å². The molecule has 2 fully saturated rings. The molecule has 0 spiro atoms. The van der Waals surface area contributed by atoms with Crippen molar-refractivity contribution in [2.24, 2.45) is 23.0 Å². The Morgan fingerprint density at radius 1 is 1.31 bits per heavy atom. The highest BCUT2D eigenvalue weighted by molar-refractivity contribution is 5.90. The van der Waals surface area contributed by atoms with Crippen LogP contribution in [0.25, 0.3) is 0 Å². The first-order chi connectivity index (χ1) is 12.4. The SMILES string of the molecule is C=C1CCC2C3CCc4cc(NC(N)=O)c(C#CC)cc4C3CC[C@]12C. The second-order valence-corrected chi connectivity index (χ2v) is 8.47. The van der Waals surface area contributed by atoms with Crippen molar-refractivity contribution in [1.29, 1.82) is 0 Å². The summed E-state index contributed by atoms with van der Waals surface area (Å²) < 4.78 is 0. The van der Waals surface area contributed by atoms with E-state index in [1.807, 2.05) is 6.92 Å². The van der Waals surface area contributed by atoms with Gasteiger partial charge in [0.25, 0.3) is 0 Å². The van der Waals surface area contributed by atoms with Gasteiger partial charge in [0, 0.05) is 5.56 Å². The number of primary amides is 1. The van der Waals surface area contributed by atoms with Crippen LogP contribution in [0.5, 0.6) is 0 Å². The van der Waals surface area contributed by atoms with Gasteiger partial charge in [0.05, 0.1) is 5.69 Å². The van der Waals surface area contributed by atoms with Crippen LogP contribution in [0.15, 0.2) is 24.3 Å². The molecule has 1 aromatic carbocycles. The molecule has 26 heavy (non-hydrogen) atoms. The van der Waals surface area contributed by atoms with Crippen LogP contribution >= 0.6 is 0 Å². The molecule has 0 bridgehead atoms. The minimum atomic E-state index is -0.532. The van der Waals surface area contributed by atoms with Crippen LogP contribution in [0, 0.1) is 29.1 Å². The van der Waals surface area contributed by atoms with Gasteiger partial charge < -0.3 is 11.1 Å². The largest absolute Gasteiger partial charge is 0.351 e. The lowest BCUT2D eigenvalue weighted by atomic mass is 9.55. The number of carbonyl (C=O) groups is 1. The standard InChI is InChI=1S/C23H28N2O/c1-4-5-16-12-19-15(13-21(16)25-22(24)26)7-8-18-17(19)10-11-23(3)14(2)6-9-20(18)23/h12-13,17-18,20H,2,6-11H2,1,3H3,(H3,24,25,26)/t17?,18?,20?,23-/m1/s1. The van der Waals surface area contributed by atoms with Crippen molar-refractivity contribution in [2.45, 2.75) is 58.3 Å². The molecule has 4 atom stereocenters. The number of carbonyl (C=O) groups excluding carboxylic acids is 1. The van der Waals surface area contributed by atoms with Crippen molar-refractivity contribution >= 4 is 11.7 Å².